The Morgan fingerprint density at radius 1 is 1.23 bits per heavy atom. The van der Waals surface area contributed by atoms with Crippen LogP contribution in [-0.2, 0) is 11.3 Å². The van der Waals surface area contributed by atoms with Crippen LogP contribution in [0.3, 0.4) is 0 Å². The van der Waals surface area contributed by atoms with Crippen molar-refractivity contribution in [2.75, 3.05) is 7.11 Å². The first kappa shape index (κ1) is 20.8. The lowest BCUT2D eigenvalue weighted by Gasteiger charge is -2.15. The van der Waals surface area contributed by atoms with Gasteiger partial charge in [0.05, 0.1) is 7.11 Å². The summed E-state index contributed by atoms with van der Waals surface area (Å²) in [6.07, 6.45) is 4.25. The average Bonchev–Trinajstić information content (AvgIpc) is 3.43. The van der Waals surface area contributed by atoms with Crippen LogP contribution >= 0.6 is 0 Å². The number of nitrogens with one attached hydrogen (secondary N) is 1. The summed E-state index contributed by atoms with van der Waals surface area (Å²) in [5.41, 5.74) is 2.18. The number of carbonyl (C=O) groups excluding carboxylic acids is 1. The molecule has 0 saturated heterocycles. The number of nitrogens with zero attached hydrogens (tertiary/aromatic N) is 3. The van der Waals surface area contributed by atoms with E-state index in [0.29, 0.717) is 17.1 Å². The Kier molecular flexibility index (Phi) is 5.88. The summed E-state index contributed by atoms with van der Waals surface area (Å²) in [6, 6.07) is 9.31. The number of benzene rings is 1. The molecule has 1 aliphatic carbocycles. The molecule has 8 nitrogen and oxygen atoms in total. The van der Waals surface area contributed by atoms with Crippen LogP contribution in [0.2, 0.25) is 0 Å². The van der Waals surface area contributed by atoms with E-state index in [9.17, 15) is 9.59 Å². The number of carbonyl (C=O) groups is 1. The number of hydrogen-bond donors (Lipinski definition) is 1. The molecule has 3 aromatic rings. The molecule has 1 aliphatic rings. The van der Waals surface area contributed by atoms with Crippen LogP contribution in [0.4, 0.5) is 0 Å². The van der Waals surface area contributed by atoms with Gasteiger partial charge in [-0.1, -0.05) is 18.0 Å². The van der Waals surface area contributed by atoms with Crippen LogP contribution in [0.25, 0.3) is 22.8 Å². The van der Waals surface area contributed by atoms with Crippen molar-refractivity contribution in [2.24, 2.45) is 0 Å². The minimum Gasteiger partial charge on any atom is -0.497 e. The standard InChI is InChI=1S/C23H26N4O4/c1-14-12-15(2)27(13-19(28)24-17-6-4-5-7-17)23(29)20(14)22-25-21(26-31-22)16-8-10-18(30-3)11-9-16/h8-12,17H,4-7,13H2,1-3H3,(H,24,28). The molecule has 1 N–H and O–H groups in total. The topological polar surface area (TPSA) is 99.3 Å². The van der Waals surface area contributed by atoms with Crippen LogP contribution < -0.4 is 15.6 Å². The first-order chi connectivity index (χ1) is 15.0. The van der Waals surface area contributed by atoms with Gasteiger partial charge in [0.15, 0.2) is 0 Å². The highest BCUT2D eigenvalue weighted by Gasteiger charge is 2.22. The molecule has 0 spiro atoms. The maximum absolute atomic E-state index is 13.3. The highest BCUT2D eigenvalue weighted by molar-refractivity contribution is 5.76. The van der Waals surface area contributed by atoms with Crippen molar-refractivity contribution in [1.29, 1.82) is 0 Å². The van der Waals surface area contributed by atoms with Crippen molar-refractivity contribution in [3.05, 3.63) is 51.9 Å². The predicted octanol–water partition coefficient (Wildman–Crippen LogP) is 3.25. The van der Waals surface area contributed by atoms with Crippen molar-refractivity contribution in [1.82, 2.24) is 20.0 Å². The molecule has 0 aliphatic heterocycles. The van der Waals surface area contributed by atoms with Gasteiger partial charge in [0.25, 0.3) is 11.4 Å². The Balaban J connectivity index is 1.62. The van der Waals surface area contributed by atoms with Crippen LogP contribution in [-0.4, -0.2) is 33.8 Å². The van der Waals surface area contributed by atoms with Gasteiger partial charge in [0.1, 0.15) is 17.9 Å². The van der Waals surface area contributed by atoms with E-state index in [2.05, 4.69) is 15.5 Å². The average molecular weight is 422 g/mol. The lowest BCUT2D eigenvalue weighted by Crippen LogP contribution is -2.38. The number of rotatable bonds is 6. The van der Waals surface area contributed by atoms with E-state index in [0.717, 1.165) is 42.6 Å². The van der Waals surface area contributed by atoms with Gasteiger partial charge in [0.2, 0.25) is 11.7 Å². The molecule has 1 aromatic carbocycles. The first-order valence-electron chi connectivity index (χ1n) is 10.4. The van der Waals surface area contributed by atoms with Crippen molar-refractivity contribution >= 4 is 5.91 Å². The van der Waals surface area contributed by atoms with Crippen LogP contribution in [0.1, 0.15) is 36.9 Å². The Hall–Kier alpha value is -3.42. The lowest BCUT2D eigenvalue weighted by molar-refractivity contribution is -0.122. The van der Waals surface area contributed by atoms with E-state index >= 15 is 0 Å². The summed E-state index contributed by atoms with van der Waals surface area (Å²) in [4.78, 5) is 30.2. The summed E-state index contributed by atoms with van der Waals surface area (Å²) in [6.45, 7) is 3.61. The summed E-state index contributed by atoms with van der Waals surface area (Å²) in [5.74, 6) is 1.08. The highest BCUT2D eigenvalue weighted by atomic mass is 16.5. The minimum absolute atomic E-state index is 0.0338. The maximum atomic E-state index is 13.3. The quantitative estimate of drug-likeness (QED) is 0.655. The van der Waals surface area contributed by atoms with E-state index in [-0.39, 0.29) is 29.9 Å². The van der Waals surface area contributed by atoms with E-state index in [1.165, 1.54) is 4.57 Å². The molecular formula is C23H26N4O4. The smallest absolute Gasteiger partial charge is 0.264 e. The van der Waals surface area contributed by atoms with Gasteiger partial charge < -0.3 is 19.1 Å². The molecule has 1 amide bonds. The molecule has 0 unspecified atom stereocenters. The number of pyridine rings is 1. The summed E-state index contributed by atoms with van der Waals surface area (Å²) >= 11 is 0. The molecule has 162 valence electrons. The van der Waals surface area contributed by atoms with Crippen LogP contribution in [0, 0.1) is 13.8 Å². The molecule has 0 atom stereocenters. The molecule has 0 bridgehead atoms. The molecule has 2 aromatic heterocycles. The zero-order valence-corrected chi connectivity index (χ0v) is 18.0. The number of aromatic nitrogens is 3. The van der Waals surface area contributed by atoms with E-state index in [1.54, 1.807) is 19.2 Å². The molecule has 1 fully saturated rings. The van der Waals surface area contributed by atoms with Gasteiger partial charge in [-0.2, -0.15) is 4.98 Å². The van der Waals surface area contributed by atoms with Crippen LogP contribution in [0.5, 0.6) is 5.75 Å². The molecule has 0 radical (unpaired) electrons. The highest BCUT2D eigenvalue weighted by Crippen LogP contribution is 2.24. The molecule has 1 saturated carbocycles. The molecular weight excluding hydrogens is 396 g/mol. The van der Waals surface area contributed by atoms with Gasteiger partial charge in [-0.15, -0.1) is 0 Å². The SMILES string of the molecule is COc1ccc(-c2noc(-c3c(C)cc(C)n(CC(=O)NC4CCCC4)c3=O)n2)cc1. The molecule has 8 heteroatoms. The van der Waals surface area contributed by atoms with E-state index in [1.807, 2.05) is 32.0 Å². The zero-order chi connectivity index (χ0) is 22.0. The molecule has 2 heterocycles. The van der Waals surface area contributed by atoms with Gasteiger partial charge in [0, 0.05) is 17.3 Å². The second-order valence-corrected chi connectivity index (χ2v) is 7.94. The third kappa shape index (κ3) is 4.38. The third-order valence-electron chi connectivity index (χ3n) is 5.71. The van der Waals surface area contributed by atoms with Crippen LogP contribution in [0.15, 0.2) is 39.6 Å². The zero-order valence-electron chi connectivity index (χ0n) is 18.0. The monoisotopic (exact) mass is 422 g/mol. The summed E-state index contributed by atoms with van der Waals surface area (Å²) < 4.78 is 12.1. The predicted molar refractivity (Wildman–Crippen MR) is 116 cm³/mol. The Bertz CT molecular complexity index is 1140. The fourth-order valence-corrected chi connectivity index (χ4v) is 4.05. The largest absolute Gasteiger partial charge is 0.497 e. The summed E-state index contributed by atoms with van der Waals surface area (Å²) in [5, 5.41) is 7.06. The Morgan fingerprint density at radius 3 is 2.61 bits per heavy atom. The number of amides is 1. The second kappa shape index (κ2) is 8.75. The van der Waals surface area contributed by atoms with Gasteiger partial charge in [-0.25, -0.2) is 0 Å². The normalized spacial score (nSPS) is 14.0. The fraction of sp³-hybridized carbons (Fsp3) is 0.391. The number of aryl methyl sites for hydroxylation is 2. The minimum atomic E-state index is -0.316. The molecule has 4 rings (SSSR count). The van der Waals surface area contributed by atoms with Gasteiger partial charge in [-0.05, 0) is 62.6 Å². The number of methoxy groups -OCH3 is 1. The van der Waals surface area contributed by atoms with Gasteiger partial charge in [-0.3, -0.25) is 9.59 Å². The lowest BCUT2D eigenvalue weighted by atomic mass is 10.1. The fourth-order valence-electron chi connectivity index (χ4n) is 4.05. The molecule has 31 heavy (non-hydrogen) atoms. The van der Waals surface area contributed by atoms with Crippen molar-refractivity contribution in [2.45, 2.75) is 52.1 Å². The van der Waals surface area contributed by atoms with Crippen molar-refractivity contribution in [3.8, 4) is 28.6 Å². The summed E-state index contributed by atoms with van der Waals surface area (Å²) in [7, 11) is 1.60. The number of hydrogen-bond acceptors (Lipinski definition) is 6. The van der Waals surface area contributed by atoms with Gasteiger partial charge >= 0.3 is 0 Å². The third-order valence-corrected chi connectivity index (χ3v) is 5.71. The maximum Gasteiger partial charge on any atom is 0.264 e. The van der Waals surface area contributed by atoms with Crippen molar-refractivity contribution < 1.29 is 14.1 Å². The Labute approximate surface area is 180 Å². The second-order valence-electron chi connectivity index (χ2n) is 7.94. The first-order valence-corrected chi connectivity index (χ1v) is 10.4. The van der Waals surface area contributed by atoms with E-state index in [4.69, 9.17) is 9.26 Å². The Morgan fingerprint density at radius 2 is 1.94 bits per heavy atom. The van der Waals surface area contributed by atoms with Crippen molar-refractivity contribution in [3.63, 3.8) is 0 Å². The number of ether oxygens (including phenoxy) is 1. The van der Waals surface area contributed by atoms with E-state index < -0.39 is 0 Å².